The second-order valence-electron chi connectivity index (χ2n) is 8.34. The quantitative estimate of drug-likeness (QED) is 0.811. The maximum atomic E-state index is 12.7. The summed E-state index contributed by atoms with van der Waals surface area (Å²) in [5, 5.41) is 3.21. The molecule has 1 N–H and O–H groups in total. The molecule has 4 amide bonds. The topological polar surface area (TPSA) is 68.4 Å². The van der Waals surface area contributed by atoms with E-state index in [-0.39, 0.29) is 18.1 Å². The molecule has 3 saturated heterocycles. The molecule has 1 aromatic rings. The highest BCUT2D eigenvalue weighted by molar-refractivity contribution is 5.77. The minimum absolute atomic E-state index is 0.00924. The number of nitrogens with zero attached hydrogens (tertiary/aromatic N) is 4. The zero-order valence-corrected chi connectivity index (χ0v) is 17.7. The fourth-order valence-electron chi connectivity index (χ4n) is 4.40. The molecule has 0 unspecified atom stereocenters. The van der Waals surface area contributed by atoms with Gasteiger partial charge in [0.1, 0.15) is 0 Å². The number of nitrogens with one attached hydrogen (secondary N) is 1. The van der Waals surface area contributed by atoms with Gasteiger partial charge in [-0.25, -0.2) is 9.59 Å². The highest BCUT2D eigenvalue weighted by atomic mass is 16.5. The standard InChI is InChI=1S/C22H33N5O3/c28-21(23-20-6-8-24(9-7-20)18-19-4-2-1-3-5-19)25-10-12-26(13-11-25)22(29)27-14-16-30-17-15-27/h1-5,20H,6-18H2,(H,23,28). The first kappa shape index (κ1) is 20.9. The zero-order chi connectivity index (χ0) is 20.8. The van der Waals surface area contributed by atoms with Crippen LogP contribution < -0.4 is 5.32 Å². The molecule has 8 nitrogen and oxygen atoms in total. The Morgan fingerprint density at radius 2 is 1.43 bits per heavy atom. The van der Waals surface area contributed by atoms with Crippen LogP contribution in [0.15, 0.2) is 30.3 Å². The van der Waals surface area contributed by atoms with Crippen molar-refractivity contribution in [3.05, 3.63) is 35.9 Å². The molecule has 3 heterocycles. The van der Waals surface area contributed by atoms with Crippen LogP contribution in [0.1, 0.15) is 18.4 Å². The number of carbonyl (C=O) groups is 2. The lowest BCUT2D eigenvalue weighted by atomic mass is 10.0. The molecule has 0 aliphatic carbocycles. The fraction of sp³-hybridized carbons (Fsp3) is 0.636. The number of urea groups is 2. The summed E-state index contributed by atoms with van der Waals surface area (Å²) >= 11 is 0. The van der Waals surface area contributed by atoms with Gasteiger partial charge < -0.3 is 24.8 Å². The van der Waals surface area contributed by atoms with Crippen molar-refractivity contribution in [2.75, 3.05) is 65.6 Å². The van der Waals surface area contributed by atoms with Crippen LogP contribution in [-0.2, 0) is 11.3 Å². The minimum atomic E-state index is 0.00924. The van der Waals surface area contributed by atoms with E-state index in [1.54, 1.807) is 0 Å². The van der Waals surface area contributed by atoms with E-state index < -0.39 is 0 Å². The number of hydrogen-bond donors (Lipinski definition) is 1. The molecule has 0 radical (unpaired) electrons. The molecule has 4 rings (SSSR count). The third-order valence-electron chi connectivity index (χ3n) is 6.28. The summed E-state index contributed by atoms with van der Waals surface area (Å²) < 4.78 is 5.32. The predicted octanol–water partition coefficient (Wildman–Crippen LogP) is 1.43. The molecule has 0 atom stereocenters. The molecule has 3 aliphatic heterocycles. The first-order valence-electron chi connectivity index (χ1n) is 11.1. The number of piperidine rings is 1. The van der Waals surface area contributed by atoms with Gasteiger partial charge in [-0.3, -0.25) is 4.90 Å². The Morgan fingerprint density at radius 3 is 2.10 bits per heavy atom. The number of ether oxygens (including phenoxy) is 1. The van der Waals surface area contributed by atoms with E-state index in [4.69, 9.17) is 4.74 Å². The first-order chi connectivity index (χ1) is 14.7. The monoisotopic (exact) mass is 415 g/mol. The van der Waals surface area contributed by atoms with E-state index in [0.717, 1.165) is 32.5 Å². The SMILES string of the molecule is O=C(NC1CCN(Cc2ccccc2)CC1)N1CCN(C(=O)N2CCOCC2)CC1. The van der Waals surface area contributed by atoms with Gasteiger partial charge in [-0.2, -0.15) is 0 Å². The number of hydrogen-bond acceptors (Lipinski definition) is 4. The van der Waals surface area contributed by atoms with E-state index >= 15 is 0 Å². The van der Waals surface area contributed by atoms with Crippen molar-refractivity contribution < 1.29 is 14.3 Å². The van der Waals surface area contributed by atoms with Crippen LogP contribution in [-0.4, -0.2) is 103 Å². The van der Waals surface area contributed by atoms with Crippen LogP contribution in [0.5, 0.6) is 0 Å². The maximum Gasteiger partial charge on any atom is 0.320 e. The molecule has 1 aromatic carbocycles. The summed E-state index contributed by atoms with van der Waals surface area (Å²) in [6, 6.07) is 10.8. The predicted molar refractivity (Wildman–Crippen MR) is 114 cm³/mol. The molecule has 8 heteroatoms. The van der Waals surface area contributed by atoms with Gasteiger partial charge in [-0.15, -0.1) is 0 Å². The van der Waals surface area contributed by atoms with Crippen LogP contribution >= 0.6 is 0 Å². The van der Waals surface area contributed by atoms with Gasteiger partial charge in [0, 0.05) is 64.9 Å². The van der Waals surface area contributed by atoms with Gasteiger partial charge >= 0.3 is 12.1 Å². The molecule has 164 valence electrons. The highest BCUT2D eigenvalue weighted by Crippen LogP contribution is 2.15. The lowest BCUT2D eigenvalue weighted by Crippen LogP contribution is -2.58. The van der Waals surface area contributed by atoms with E-state index in [1.165, 1.54) is 5.56 Å². The van der Waals surface area contributed by atoms with E-state index in [0.29, 0.717) is 52.5 Å². The average molecular weight is 416 g/mol. The highest BCUT2D eigenvalue weighted by Gasteiger charge is 2.29. The van der Waals surface area contributed by atoms with Crippen molar-refractivity contribution >= 4 is 12.1 Å². The van der Waals surface area contributed by atoms with Crippen molar-refractivity contribution in [1.29, 1.82) is 0 Å². The summed E-state index contributed by atoms with van der Waals surface area (Å²) in [5.41, 5.74) is 1.34. The molecular formula is C22H33N5O3. The molecule has 0 aromatic heterocycles. The maximum absolute atomic E-state index is 12.7. The second-order valence-corrected chi connectivity index (χ2v) is 8.34. The van der Waals surface area contributed by atoms with Crippen molar-refractivity contribution in [2.24, 2.45) is 0 Å². The van der Waals surface area contributed by atoms with Crippen LogP contribution in [0.4, 0.5) is 9.59 Å². The molecular weight excluding hydrogens is 382 g/mol. The molecule has 0 saturated carbocycles. The largest absolute Gasteiger partial charge is 0.378 e. The Balaban J connectivity index is 1.16. The van der Waals surface area contributed by atoms with Crippen molar-refractivity contribution in [3.63, 3.8) is 0 Å². The Hall–Kier alpha value is -2.32. The average Bonchev–Trinajstić information content (AvgIpc) is 2.81. The smallest absolute Gasteiger partial charge is 0.320 e. The number of carbonyl (C=O) groups excluding carboxylic acids is 2. The van der Waals surface area contributed by atoms with Crippen molar-refractivity contribution in [3.8, 4) is 0 Å². The van der Waals surface area contributed by atoms with Gasteiger partial charge in [-0.05, 0) is 18.4 Å². The first-order valence-corrected chi connectivity index (χ1v) is 11.1. The third kappa shape index (κ3) is 5.43. The molecule has 3 fully saturated rings. The summed E-state index contributed by atoms with van der Waals surface area (Å²) in [7, 11) is 0. The van der Waals surface area contributed by atoms with Crippen molar-refractivity contribution in [2.45, 2.75) is 25.4 Å². The van der Waals surface area contributed by atoms with E-state index in [9.17, 15) is 9.59 Å². The Morgan fingerprint density at radius 1 is 0.833 bits per heavy atom. The lowest BCUT2D eigenvalue weighted by molar-refractivity contribution is 0.0391. The Bertz CT molecular complexity index is 694. The van der Waals surface area contributed by atoms with Crippen LogP contribution in [0.2, 0.25) is 0 Å². The third-order valence-corrected chi connectivity index (χ3v) is 6.28. The van der Waals surface area contributed by atoms with Gasteiger partial charge in [0.25, 0.3) is 0 Å². The normalized spacial score (nSPS) is 21.5. The number of likely N-dealkylation sites (tertiary alicyclic amines) is 1. The van der Waals surface area contributed by atoms with Crippen molar-refractivity contribution in [1.82, 2.24) is 24.9 Å². The van der Waals surface area contributed by atoms with Gasteiger partial charge in [0.15, 0.2) is 0 Å². The van der Waals surface area contributed by atoms with Gasteiger partial charge in [-0.1, -0.05) is 30.3 Å². The molecule has 3 aliphatic rings. The molecule has 0 spiro atoms. The summed E-state index contributed by atoms with van der Waals surface area (Å²) in [6.45, 7) is 7.88. The Kier molecular flexibility index (Phi) is 7.07. The Labute approximate surface area is 178 Å². The van der Waals surface area contributed by atoms with Crippen LogP contribution in [0, 0.1) is 0 Å². The number of rotatable bonds is 3. The van der Waals surface area contributed by atoms with Crippen LogP contribution in [0.25, 0.3) is 0 Å². The minimum Gasteiger partial charge on any atom is -0.378 e. The summed E-state index contributed by atoms with van der Waals surface area (Å²) in [4.78, 5) is 33.3. The molecule has 30 heavy (non-hydrogen) atoms. The second kappa shape index (κ2) is 10.1. The number of amides is 4. The van der Waals surface area contributed by atoms with E-state index in [1.807, 2.05) is 20.8 Å². The number of piperazine rings is 1. The molecule has 0 bridgehead atoms. The van der Waals surface area contributed by atoms with E-state index in [2.05, 4.69) is 34.5 Å². The van der Waals surface area contributed by atoms with Gasteiger partial charge in [0.2, 0.25) is 0 Å². The lowest BCUT2D eigenvalue weighted by Gasteiger charge is -2.39. The zero-order valence-electron chi connectivity index (χ0n) is 17.7. The number of benzene rings is 1. The summed E-state index contributed by atoms with van der Waals surface area (Å²) in [6.07, 6.45) is 1.96. The number of morpholine rings is 1. The van der Waals surface area contributed by atoms with Crippen LogP contribution in [0.3, 0.4) is 0 Å². The summed E-state index contributed by atoms with van der Waals surface area (Å²) in [5.74, 6) is 0. The fourth-order valence-corrected chi connectivity index (χ4v) is 4.40. The van der Waals surface area contributed by atoms with Gasteiger partial charge in [0.05, 0.1) is 13.2 Å².